The molecular formula is C6H8S. The summed E-state index contributed by atoms with van der Waals surface area (Å²) in [6.45, 7) is 0. The Balaban J connectivity index is 2.08. The van der Waals surface area contributed by atoms with Crippen molar-refractivity contribution in [2.24, 2.45) is 0 Å². The third kappa shape index (κ3) is 0.220. The Bertz CT molecular complexity index is 115. The van der Waals surface area contributed by atoms with Gasteiger partial charge >= 0.3 is 0 Å². The summed E-state index contributed by atoms with van der Waals surface area (Å²) in [7, 11) is 0. The first-order valence-electron chi connectivity index (χ1n) is 3.07. The van der Waals surface area contributed by atoms with Gasteiger partial charge in [0.15, 0.2) is 0 Å². The summed E-state index contributed by atoms with van der Waals surface area (Å²) in [4.78, 5) is 0. The van der Waals surface area contributed by atoms with Crippen LogP contribution in [0, 0.1) is 0 Å². The van der Waals surface area contributed by atoms with Gasteiger partial charge in [-0.2, -0.15) is 0 Å². The molecule has 0 N–H and O–H groups in total. The minimum absolute atomic E-state index is 0.924. The monoisotopic (exact) mass is 112 g/mol. The van der Waals surface area contributed by atoms with Gasteiger partial charge in [-0.1, -0.05) is 0 Å². The smallest absolute Gasteiger partial charge is 0.0314 e. The van der Waals surface area contributed by atoms with Gasteiger partial charge in [-0.05, 0) is 25.7 Å². The van der Waals surface area contributed by atoms with Crippen LogP contribution in [0.4, 0.5) is 0 Å². The molecule has 0 aromatic heterocycles. The molecule has 0 aromatic carbocycles. The zero-order valence-corrected chi connectivity index (χ0v) is 5.05. The fourth-order valence-corrected chi connectivity index (χ4v) is 3.41. The Morgan fingerprint density at radius 2 is 1.29 bits per heavy atom. The van der Waals surface area contributed by atoms with Gasteiger partial charge in [0.2, 0.25) is 0 Å². The van der Waals surface area contributed by atoms with Crippen molar-refractivity contribution in [1.29, 1.82) is 0 Å². The third-order valence-corrected chi connectivity index (χ3v) is 4.76. The predicted molar refractivity (Wildman–Crippen MR) is 31.5 cm³/mol. The first-order chi connectivity index (χ1) is 3.37. The predicted octanol–water partition coefficient (Wildman–Crippen LogP) is 1.80. The van der Waals surface area contributed by atoms with Crippen molar-refractivity contribution < 1.29 is 0 Å². The second-order valence-electron chi connectivity index (χ2n) is 3.09. The molecule has 1 heteroatoms. The lowest BCUT2D eigenvalue weighted by Gasteiger charge is -1.71. The van der Waals surface area contributed by atoms with Gasteiger partial charge in [0.25, 0.3) is 0 Å². The zero-order valence-electron chi connectivity index (χ0n) is 4.24. The van der Waals surface area contributed by atoms with Gasteiger partial charge in [0.1, 0.15) is 0 Å². The summed E-state index contributed by atoms with van der Waals surface area (Å²) in [6.07, 6.45) is 6.21. The molecule has 3 fully saturated rings. The Kier molecular flexibility index (Phi) is 0.292. The van der Waals surface area contributed by atoms with E-state index in [9.17, 15) is 0 Å². The molecule has 3 aliphatic rings. The summed E-state index contributed by atoms with van der Waals surface area (Å²) in [5.74, 6) is 0. The van der Waals surface area contributed by atoms with Crippen molar-refractivity contribution in [1.82, 2.24) is 0 Å². The molecule has 0 radical (unpaired) electrons. The van der Waals surface area contributed by atoms with E-state index in [-0.39, 0.29) is 0 Å². The number of hydrogen-bond donors (Lipinski definition) is 0. The van der Waals surface area contributed by atoms with Crippen molar-refractivity contribution in [3.8, 4) is 0 Å². The van der Waals surface area contributed by atoms with Crippen LogP contribution < -0.4 is 0 Å². The molecule has 0 nitrogen and oxygen atoms in total. The van der Waals surface area contributed by atoms with Gasteiger partial charge in [0.05, 0.1) is 0 Å². The van der Waals surface area contributed by atoms with E-state index in [1.807, 2.05) is 0 Å². The maximum absolute atomic E-state index is 2.27. The molecule has 1 aliphatic heterocycles. The van der Waals surface area contributed by atoms with E-state index in [1.165, 1.54) is 0 Å². The highest BCUT2D eigenvalue weighted by Gasteiger charge is 2.80. The lowest BCUT2D eigenvalue weighted by Crippen LogP contribution is -1.87. The van der Waals surface area contributed by atoms with Gasteiger partial charge in [-0.15, -0.1) is 11.8 Å². The summed E-state index contributed by atoms with van der Waals surface area (Å²) in [5, 5.41) is 0. The molecule has 1 heterocycles. The average molecular weight is 112 g/mol. The van der Waals surface area contributed by atoms with Gasteiger partial charge < -0.3 is 0 Å². The normalized spacial score (nSPS) is 44.6. The van der Waals surface area contributed by atoms with Crippen LogP contribution in [0.3, 0.4) is 0 Å². The summed E-state index contributed by atoms with van der Waals surface area (Å²) < 4.78 is 1.85. The minimum Gasteiger partial charge on any atom is -0.145 e. The fourth-order valence-electron chi connectivity index (χ4n) is 1.69. The van der Waals surface area contributed by atoms with Crippen LogP contribution in [0.25, 0.3) is 0 Å². The van der Waals surface area contributed by atoms with Crippen LogP contribution in [0.2, 0.25) is 0 Å². The average Bonchev–Trinajstić information content (AvgIpc) is 2.38. The van der Waals surface area contributed by atoms with Crippen LogP contribution >= 0.6 is 11.8 Å². The van der Waals surface area contributed by atoms with Crippen molar-refractivity contribution in [2.75, 3.05) is 0 Å². The number of fused-ring (bicyclic) bond motifs is 1. The molecule has 7 heavy (non-hydrogen) atoms. The molecule has 0 atom stereocenters. The van der Waals surface area contributed by atoms with E-state index in [4.69, 9.17) is 0 Å². The van der Waals surface area contributed by atoms with E-state index < -0.39 is 0 Å². The number of hydrogen-bond acceptors (Lipinski definition) is 1. The summed E-state index contributed by atoms with van der Waals surface area (Å²) >= 11 is 2.27. The molecule has 0 unspecified atom stereocenters. The molecule has 0 bridgehead atoms. The molecule has 0 aromatic rings. The van der Waals surface area contributed by atoms with E-state index in [1.54, 1.807) is 25.7 Å². The largest absolute Gasteiger partial charge is 0.145 e. The van der Waals surface area contributed by atoms with Gasteiger partial charge in [-0.25, -0.2) is 0 Å². The van der Waals surface area contributed by atoms with Gasteiger partial charge in [-0.3, -0.25) is 0 Å². The van der Waals surface area contributed by atoms with E-state index in [2.05, 4.69) is 11.8 Å². The van der Waals surface area contributed by atoms with Crippen molar-refractivity contribution >= 4 is 11.8 Å². The standard InChI is InChI=1S/C6H8S/c1-2-5(1)6(7-5)3-4-6/h1-4H2. The topological polar surface area (TPSA) is 0 Å². The first-order valence-corrected chi connectivity index (χ1v) is 3.89. The van der Waals surface area contributed by atoms with Crippen molar-refractivity contribution in [2.45, 2.75) is 35.2 Å². The molecule has 3 rings (SSSR count). The fraction of sp³-hybridized carbons (Fsp3) is 1.00. The van der Waals surface area contributed by atoms with Crippen LogP contribution in [0.5, 0.6) is 0 Å². The highest BCUT2D eigenvalue weighted by Crippen LogP contribution is 2.87. The quantitative estimate of drug-likeness (QED) is 0.430. The summed E-state index contributed by atoms with van der Waals surface area (Å²) in [5.41, 5.74) is 0. The van der Waals surface area contributed by atoms with E-state index in [0.717, 1.165) is 9.49 Å². The van der Waals surface area contributed by atoms with Crippen molar-refractivity contribution in [3.05, 3.63) is 0 Å². The zero-order chi connectivity index (χ0) is 4.54. The van der Waals surface area contributed by atoms with Crippen LogP contribution in [0.1, 0.15) is 25.7 Å². The Morgan fingerprint density at radius 1 is 0.857 bits per heavy atom. The highest BCUT2D eigenvalue weighted by molar-refractivity contribution is 8.10. The van der Waals surface area contributed by atoms with Crippen LogP contribution in [0.15, 0.2) is 0 Å². The SMILES string of the molecule is C1CC12SC21CC1. The highest BCUT2D eigenvalue weighted by atomic mass is 32.2. The number of rotatable bonds is 0. The Morgan fingerprint density at radius 3 is 1.43 bits per heavy atom. The van der Waals surface area contributed by atoms with Crippen LogP contribution in [-0.2, 0) is 0 Å². The molecule has 2 spiro atoms. The minimum atomic E-state index is 0.924. The van der Waals surface area contributed by atoms with Crippen molar-refractivity contribution in [3.63, 3.8) is 0 Å². The molecule has 38 valence electrons. The Hall–Kier alpha value is 0.350. The van der Waals surface area contributed by atoms with E-state index >= 15 is 0 Å². The number of thioether (sulfide) groups is 1. The molecule has 1 saturated heterocycles. The molecular weight excluding hydrogens is 104 g/mol. The van der Waals surface area contributed by atoms with Crippen LogP contribution in [-0.4, -0.2) is 9.49 Å². The maximum atomic E-state index is 2.27. The van der Waals surface area contributed by atoms with Gasteiger partial charge in [0, 0.05) is 9.49 Å². The molecule has 2 aliphatic carbocycles. The third-order valence-electron chi connectivity index (χ3n) is 2.59. The summed E-state index contributed by atoms with van der Waals surface area (Å²) in [6, 6.07) is 0. The van der Waals surface area contributed by atoms with E-state index in [0.29, 0.717) is 0 Å². The first kappa shape index (κ1) is 3.39. The Labute approximate surface area is 47.7 Å². The molecule has 2 saturated carbocycles. The second kappa shape index (κ2) is 0.604. The lowest BCUT2D eigenvalue weighted by atomic mass is 10.3. The molecule has 0 amide bonds. The lowest BCUT2D eigenvalue weighted by molar-refractivity contribution is 0.949. The second-order valence-corrected chi connectivity index (χ2v) is 4.86. The maximum Gasteiger partial charge on any atom is 0.0314 e.